The lowest BCUT2D eigenvalue weighted by Crippen LogP contribution is -2.02. The van der Waals surface area contributed by atoms with Crippen LogP contribution in [0.15, 0.2) is 28.6 Å². The van der Waals surface area contributed by atoms with Crippen molar-refractivity contribution in [2.75, 3.05) is 12.4 Å². The molecule has 2 N–H and O–H groups in total. The number of hydrogen-bond donors (Lipinski definition) is 1. The van der Waals surface area contributed by atoms with E-state index in [4.69, 9.17) is 5.73 Å². The zero-order valence-electron chi connectivity index (χ0n) is 19.4. The normalized spacial score (nSPS) is 10.8. The zero-order chi connectivity index (χ0) is 23.6. The van der Waals surface area contributed by atoms with Crippen LogP contribution in [0.3, 0.4) is 0 Å². The predicted octanol–water partition coefficient (Wildman–Crippen LogP) is 6.40. The number of nitrogens with two attached hydrogens (primary N) is 1. The number of aryl methyl sites for hydroxylation is 2. The summed E-state index contributed by atoms with van der Waals surface area (Å²) in [6, 6.07) is 3.55. The number of fused-ring (bicyclic) bond motifs is 1. The lowest BCUT2D eigenvalue weighted by Gasteiger charge is -2.06. The van der Waals surface area contributed by atoms with Crippen LogP contribution in [0.25, 0.3) is 16.8 Å². The Morgan fingerprint density at radius 2 is 1.84 bits per heavy atom. The Labute approximate surface area is 182 Å². The second-order valence-corrected chi connectivity index (χ2v) is 6.84. The molecule has 3 aromatic heterocycles. The molecule has 7 nitrogen and oxygen atoms in total. The molecule has 0 radical (unpaired) electrons. The first-order chi connectivity index (χ1) is 14.8. The first kappa shape index (κ1) is 26.1. The molecular weight excluding hydrogens is 400 g/mol. The molecule has 0 aliphatic rings. The van der Waals surface area contributed by atoms with Crippen LogP contribution in [0.4, 0.5) is 20.3 Å². The predicted molar refractivity (Wildman–Crippen MR) is 122 cm³/mol. The molecule has 3 rings (SSSR count). The maximum Gasteiger partial charge on any atom is 0.153 e. The van der Waals surface area contributed by atoms with Crippen molar-refractivity contribution in [1.29, 1.82) is 0 Å². The monoisotopic (exact) mass is 433 g/mol. The Morgan fingerprint density at radius 3 is 2.35 bits per heavy atom. The largest absolute Gasteiger partial charge is 0.382 e. The van der Waals surface area contributed by atoms with Crippen LogP contribution < -0.4 is 5.73 Å². The second-order valence-electron chi connectivity index (χ2n) is 6.84. The van der Waals surface area contributed by atoms with Gasteiger partial charge in [0.1, 0.15) is 17.0 Å². The summed E-state index contributed by atoms with van der Waals surface area (Å²) < 4.78 is 26.9. The van der Waals surface area contributed by atoms with E-state index in [0.29, 0.717) is 28.4 Å². The molecule has 0 unspecified atom stereocenters. The average Bonchev–Trinajstić information content (AvgIpc) is 3.05. The van der Waals surface area contributed by atoms with E-state index in [2.05, 4.69) is 25.3 Å². The third kappa shape index (κ3) is 7.04. The van der Waals surface area contributed by atoms with E-state index in [1.54, 1.807) is 26.0 Å². The minimum Gasteiger partial charge on any atom is -0.382 e. The number of rotatable bonds is 5. The third-order valence-corrected chi connectivity index (χ3v) is 3.92. The van der Waals surface area contributed by atoms with Crippen LogP contribution in [0.1, 0.15) is 59.0 Å². The quantitative estimate of drug-likeness (QED) is 0.471. The van der Waals surface area contributed by atoms with Gasteiger partial charge in [0.05, 0.1) is 35.9 Å². The number of aromatic nitrogens is 4. The summed E-state index contributed by atoms with van der Waals surface area (Å²) in [6.07, 6.45) is 2.97. The van der Waals surface area contributed by atoms with Gasteiger partial charge in [-0.1, -0.05) is 27.2 Å². The van der Waals surface area contributed by atoms with Gasteiger partial charge >= 0.3 is 0 Å². The second kappa shape index (κ2) is 12.7. The molecule has 31 heavy (non-hydrogen) atoms. The van der Waals surface area contributed by atoms with Crippen LogP contribution >= 0.6 is 0 Å². The SMILES string of the molecule is CC.CCCCF.Cc1nc(N)c2c(-c3ccc(N=NC(C)C)c(C)n3)c(F)cn2n1. The maximum atomic E-state index is 14.5. The maximum absolute atomic E-state index is 14.5. The summed E-state index contributed by atoms with van der Waals surface area (Å²) in [6.45, 7) is 13.2. The fourth-order valence-corrected chi connectivity index (χ4v) is 2.55. The molecule has 0 aliphatic heterocycles. The van der Waals surface area contributed by atoms with Gasteiger partial charge in [0.15, 0.2) is 11.6 Å². The zero-order valence-corrected chi connectivity index (χ0v) is 19.4. The summed E-state index contributed by atoms with van der Waals surface area (Å²) in [5.41, 5.74) is 8.40. The number of pyridine rings is 1. The van der Waals surface area contributed by atoms with Gasteiger partial charge in [-0.3, -0.25) is 9.37 Å². The molecule has 0 amide bonds. The van der Waals surface area contributed by atoms with Crippen molar-refractivity contribution >= 4 is 17.0 Å². The molecular formula is C22H33F2N7. The van der Waals surface area contributed by atoms with Crippen molar-refractivity contribution in [1.82, 2.24) is 19.6 Å². The summed E-state index contributed by atoms with van der Waals surface area (Å²) in [5, 5.41) is 12.4. The Balaban J connectivity index is 0.000000605. The highest BCUT2D eigenvalue weighted by Crippen LogP contribution is 2.32. The van der Waals surface area contributed by atoms with Crippen LogP contribution in [0.2, 0.25) is 0 Å². The van der Waals surface area contributed by atoms with Crippen molar-refractivity contribution in [2.45, 2.75) is 67.3 Å². The van der Waals surface area contributed by atoms with Crippen molar-refractivity contribution in [2.24, 2.45) is 10.2 Å². The average molecular weight is 434 g/mol. The van der Waals surface area contributed by atoms with Crippen LogP contribution in [-0.4, -0.2) is 32.3 Å². The molecule has 0 aromatic carbocycles. The number of nitrogen functional groups attached to an aromatic ring is 1. The summed E-state index contributed by atoms with van der Waals surface area (Å²) in [4.78, 5) is 8.56. The van der Waals surface area contributed by atoms with E-state index in [0.717, 1.165) is 12.8 Å². The minimum atomic E-state index is -0.454. The molecule has 0 saturated heterocycles. The number of nitrogens with zero attached hydrogens (tertiary/aromatic N) is 6. The summed E-state index contributed by atoms with van der Waals surface area (Å²) in [7, 11) is 0. The Hall–Kier alpha value is -2.97. The number of azo groups is 1. The molecule has 0 fully saturated rings. The van der Waals surface area contributed by atoms with E-state index in [-0.39, 0.29) is 24.1 Å². The van der Waals surface area contributed by atoms with E-state index in [9.17, 15) is 8.78 Å². The highest BCUT2D eigenvalue weighted by atomic mass is 19.1. The van der Waals surface area contributed by atoms with E-state index in [1.807, 2.05) is 34.6 Å². The molecule has 0 spiro atoms. The van der Waals surface area contributed by atoms with Crippen LogP contribution in [0.5, 0.6) is 0 Å². The lowest BCUT2D eigenvalue weighted by atomic mass is 10.1. The molecule has 0 atom stereocenters. The van der Waals surface area contributed by atoms with Gasteiger partial charge in [-0.2, -0.15) is 15.3 Å². The first-order valence-corrected chi connectivity index (χ1v) is 10.5. The number of unbranched alkanes of at least 4 members (excludes halogenated alkanes) is 1. The third-order valence-electron chi connectivity index (χ3n) is 3.92. The van der Waals surface area contributed by atoms with Crippen LogP contribution in [0, 0.1) is 19.7 Å². The van der Waals surface area contributed by atoms with Crippen molar-refractivity contribution in [3.63, 3.8) is 0 Å². The Bertz CT molecular complexity index is 995. The number of halogens is 2. The Kier molecular flexibility index (Phi) is 10.6. The smallest absolute Gasteiger partial charge is 0.153 e. The molecule has 170 valence electrons. The van der Waals surface area contributed by atoms with Crippen molar-refractivity contribution < 1.29 is 8.78 Å². The van der Waals surface area contributed by atoms with Gasteiger partial charge in [-0.05, 0) is 46.2 Å². The molecule has 0 bridgehead atoms. The van der Waals surface area contributed by atoms with E-state index < -0.39 is 5.82 Å². The standard InChI is InChI=1S/C16H18FN7.C4H9F.C2H6/c1-8(2)21-22-12-5-6-13(19-9(12)3)14-11(17)7-24-15(14)16(18)20-10(4)23-24;1-2-3-4-5;1-2/h5-8H,1-4H3,(H2,18,20,23);2-4H2,1H3;1-2H3. The first-order valence-electron chi connectivity index (χ1n) is 10.5. The highest BCUT2D eigenvalue weighted by Gasteiger charge is 2.19. The van der Waals surface area contributed by atoms with Gasteiger partial charge in [0.25, 0.3) is 0 Å². The lowest BCUT2D eigenvalue weighted by molar-refractivity contribution is 0.469. The number of anilines is 1. The number of alkyl halides is 1. The Morgan fingerprint density at radius 1 is 1.16 bits per heavy atom. The van der Waals surface area contributed by atoms with Gasteiger partial charge < -0.3 is 5.73 Å². The van der Waals surface area contributed by atoms with Crippen LogP contribution in [-0.2, 0) is 0 Å². The topological polar surface area (TPSA) is 93.8 Å². The van der Waals surface area contributed by atoms with E-state index >= 15 is 0 Å². The summed E-state index contributed by atoms with van der Waals surface area (Å²) >= 11 is 0. The van der Waals surface area contributed by atoms with Crippen molar-refractivity contribution in [3.05, 3.63) is 35.7 Å². The number of hydrogen-bond acceptors (Lipinski definition) is 6. The van der Waals surface area contributed by atoms with Gasteiger partial charge in [-0.25, -0.2) is 13.9 Å². The van der Waals surface area contributed by atoms with E-state index in [1.165, 1.54) is 10.7 Å². The minimum absolute atomic E-state index is 0.0946. The fraction of sp³-hybridized carbons (Fsp3) is 0.500. The summed E-state index contributed by atoms with van der Waals surface area (Å²) in [5.74, 6) is 0.226. The van der Waals surface area contributed by atoms with Crippen molar-refractivity contribution in [3.8, 4) is 11.3 Å². The molecule has 3 aromatic rings. The van der Waals surface area contributed by atoms with Gasteiger partial charge in [0, 0.05) is 0 Å². The highest BCUT2D eigenvalue weighted by molar-refractivity contribution is 5.86. The molecule has 0 saturated carbocycles. The molecule has 9 heteroatoms. The fourth-order valence-electron chi connectivity index (χ4n) is 2.55. The molecule has 3 heterocycles. The molecule has 0 aliphatic carbocycles. The van der Waals surface area contributed by atoms with Gasteiger partial charge in [-0.15, -0.1) is 0 Å². The van der Waals surface area contributed by atoms with Gasteiger partial charge in [0.2, 0.25) is 0 Å².